The summed E-state index contributed by atoms with van der Waals surface area (Å²) in [6.45, 7) is 0.820. The molecule has 0 saturated carbocycles. The van der Waals surface area contributed by atoms with E-state index in [1.807, 2.05) is 41.4 Å². The first-order valence-corrected chi connectivity index (χ1v) is 7.21. The molecule has 0 unspecified atom stereocenters. The highest BCUT2D eigenvalue weighted by Gasteiger charge is 2.22. The Morgan fingerprint density at radius 3 is 2.91 bits per heavy atom. The fourth-order valence-corrected chi connectivity index (χ4v) is 2.71. The summed E-state index contributed by atoms with van der Waals surface area (Å²) < 4.78 is 7.29. The SMILES string of the molecule is O=C(O)Cn1nc(OCc2ccccc2)c2c1=CN1C=NC=2C1. The largest absolute Gasteiger partial charge is 0.480 e. The van der Waals surface area contributed by atoms with Crippen LogP contribution in [0, 0.1) is 0 Å². The lowest BCUT2D eigenvalue weighted by Crippen LogP contribution is -2.39. The number of hydrogen-bond donors (Lipinski definition) is 1. The Balaban J connectivity index is 1.74. The maximum Gasteiger partial charge on any atom is 0.325 e. The molecule has 0 fully saturated rings. The molecule has 0 aliphatic carbocycles. The highest BCUT2D eigenvalue weighted by atomic mass is 16.5. The minimum Gasteiger partial charge on any atom is -0.480 e. The van der Waals surface area contributed by atoms with Crippen LogP contribution in [0.4, 0.5) is 0 Å². The molecule has 116 valence electrons. The molecule has 23 heavy (non-hydrogen) atoms. The van der Waals surface area contributed by atoms with Crippen LogP contribution >= 0.6 is 0 Å². The van der Waals surface area contributed by atoms with Crippen LogP contribution in [0.15, 0.2) is 35.3 Å². The zero-order valence-electron chi connectivity index (χ0n) is 12.2. The Morgan fingerprint density at radius 2 is 2.13 bits per heavy atom. The Kier molecular flexibility index (Phi) is 3.11. The Labute approximate surface area is 131 Å². The van der Waals surface area contributed by atoms with Gasteiger partial charge in [-0.05, 0) is 5.56 Å². The molecule has 2 aliphatic rings. The molecular weight excluding hydrogens is 296 g/mol. The molecule has 7 heteroatoms. The summed E-state index contributed by atoms with van der Waals surface area (Å²) in [5, 5.41) is 14.9. The minimum atomic E-state index is -0.947. The van der Waals surface area contributed by atoms with E-state index in [1.165, 1.54) is 4.68 Å². The molecule has 1 aromatic carbocycles. The molecule has 1 N–H and O–H groups in total. The van der Waals surface area contributed by atoms with Gasteiger partial charge < -0.3 is 14.7 Å². The van der Waals surface area contributed by atoms with E-state index >= 15 is 0 Å². The smallest absolute Gasteiger partial charge is 0.325 e. The van der Waals surface area contributed by atoms with E-state index in [1.54, 1.807) is 6.34 Å². The third-order valence-corrected chi connectivity index (χ3v) is 3.73. The quantitative estimate of drug-likeness (QED) is 0.824. The molecule has 7 nitrogen and oxygen atoms in total. The third-order valence-electron chi connectivity index (χ3n) is 3.73. The summed E-state index contributed by atoms with van der Waals surface area (Å²) in [5.74, 6) is -0.521. The fourth-order valence-electron chi connectivity index (χ4n) is 2.71. The molecule has 0 atom stereocenters. The molecule has 2 aliphatic heterocycles. The monoisotopic (exact) mass is 310 g/mol. The van der Waals surface area contributed by atoms with E-state index < -0.39 is 5.97 Å². The van der Waals surface area contributed by atoms with Crippen molar-refractivity contribution in [3.8, 4) is 5.88 Å². The highest BCUT2D eigenvalue weighted by molar-refractivity contribution is 5.78. The number of aromatic nitrogens is 2. The molecule has 3 heterocycles. The molecule has 0 amide bonds. The number of aliphatic carboxylic acids is 1. The Hall–Kier alpha value is -3.09. The van der Waals surface area contributed by atoms with E-state index in [4.69, 9.17) is 9.84 Å². The molecule has 4 rings (SSSR count). The third kappa shape index (κ3) is 2.46. The summed E-state index contributed by atoms with van der Waals surface area (Å²) >= 11 is 0. The lowest BCUT2D eigenvalue weighted by molar-refractivity contribution is -0.137. The number of carboxylic acid groups (broad SMARTS) is 1. The zero-order chi connectivity index (χ0) is 15.8. The van der Waals surface area contributed by atoms with Gasteiger partial charge in [0.25, 0.3) is 0 Å². The second-order valence-electron chi connectivity index (χ2n) is 5.38. The van der Waals surface area contributed by atoms with Crippen LogP contribution in [0.3, 0.4) is 0 Å². The van der Waals surface area contributed by atoms with E-state index in [0.717, 1.165) is 16.5 Å². The van der Waals surface area contributed by atoms with Gasteiger partial charge in [-0.3, -0.25) is 4.79 Å². The molecule has 0 spiro atoms. The number of carboxylic acids is 1. The van der Waals surface area contributed by atoms with E-state index in [-0.39, 0.29) is 6.54 Å². The van der Waals surface area contributed by atoms with Crippen LogP contribution in [0.2, 0.25) is 0 Å². The summed E-state index contributed by atoms with van der Waals surface area (Å²) in [4.78, 5) is 17.3. The van der Waals surface area contributed by atoms with Crippen LogP contribution in [0.5, 0.6) is 5.88 Å². The first-order valence-electron chi connectivity index (χ1n) is 7.21. The molecule has 2 bridgehead atoms. The van der Waals surface area contributed by atoms with Gasteiger partial charge in [-0.15, -0.1) is 5.10 Å². The minimum absolute atomic E-state index is 0.214. The first-order chi connectivity index (χ1) is 11.2. The molecule has 2 aromatic rings. The van der Waals surface area contributed by atoms with E-state index in [0.29, 0.717) is 24.4 Å². The van der Waals surface area contributed by atoms with E-state index in [9.17, 15) is 4.79 Å². The average Bonchev–Trinajstić information content (AvgIpc) is 3.08. The highest BCUT2D eigenvalue weighted by Crippen LogP contribution is 2.13. The number of benzene rings is 1. The van der Waals surface area contributed by atoms with Gasteiger partial charge in [-0.25, -0.2) is 9.67 Å². The fraction of sp³-hybridized carbons (Fsp3) is 0.188. The van der Waals surface area contributed by atoms with Crippen molar-refractivity contribution >= 4 is 24.2 Å². The van der Waals surface area contributed by atoms with Crippen LogP contribution in [0.25, 0.3) is 11.9 Å². The van der Waals surface area contributed by atoms with Gasteiger partial charge in [0.05, 0.1) is 29.1 Å². The van der Waals surface area contributed by atoms with Gasteiger partial charge in [0.15, 0.2) is 0 Å². The van der Waals surface area contributed by atoms with Crippen molar-refractivity contribution in [3.05, 3.63) is 46.5 Å². The normalized spacial score (nSPS) is 14.6. The number of nitrogens with zero attached hydrogens (tertiary/aromatic N) is 4. The number of fused-ring (bicyclic) bond motifs is 3. The van der Waals surface area contributed by atoms with Crippen molar-refractivity contribution in [2.24, 2.45) is 4.99 Å². The Morgan fingerprint density at radius 1 is 1.30 bits per heavy atom. The maximum absolute atomic E-state index is 11.1. The zero-order valence-corrected chi connectivity index (χ0v) is 12.2. The maximum atomic E-state index is 11.1. The Bertz CT molecular complexity index is 915. The van der Waals surface area contributed by atoms with Crippen molar-refractivity contribution in [2.45, 2.75) is 13.2 Å². The molecule has 0 radical (unpaired) electrons. The number of aliphatic imine (C=N–C) groups is 1. The standard InChI is InChI=1S/C16H14N4O3/c21-14(22)8-20-13-7-19-6-12(17-10-19)15(13)16(18-20)23-9-11-4-2-1-3-5-11/h1-5,7,10H,6,8-9H2,(H,21,22). The van der Waals surface area contributed by atoms with E-state index in [2.05, 4.69) is 10.1 Å². The van der Waals surface area contributed by atoms with Gasteiger partial charge in [0.2, 0.25) is 5.88 Å². The topological polar surface area (TPSA) is 79.9 Å². The van der Waals surface area contributed by atoms with Gasteiger partial charge in [0.1, 0.15) is 13.2 Å². The van der Waals surface area contributed by atoms with Crippen LogP contribution in [0.1, 0.15) is 5.56 Å². The first kappa shape index (κ1) is 13.6. The number of carbonyl (C=O) groups is 1. The van der Waals surface area contributed by atoms with Gasteiger partial charge in [0, 0.05) is 6.20 Å². The van der Waals surface area contributed by atoms with Gasteiger partial charge >= 0.3 is 5.97 Å². The predicted molar refractivity (Wildman–Crippen MR) is 83.0 cm³/mol. The lowest BCUT2D eigenvalue weighted by atomic mass is 10.2. The number of hydrogen-bond acceptors (Lipinski definition) is 5. The second-order valence-corrected chi connectivity index (χ2v) is 5.38. The lowest BCUT2D eigenvalue weighted by Gasteiger charge is -2.10. The van der Waals surface area contributed by atoms with Gasteiger partial charge in [-0.1, -0.05) is 30.3 Å². The average molecular weight is 310 g/mol. The summed E-state index contributed by atoms with van der Waals surface area (Å²) in [5.41, 5.74) is 1.87. The number of ether oxygens (including phenoxy) is 1. The summed E-state index contributed by atoms with van der Waals surface area (Å²) in [6.07, 6.45) is 3.57. The molecule has 0 saturated heterocycles. The van der Waals surface area contributed by atoms with Crippen molar-refractivity contribution < 1.29 is 14.6 Å². The van der Waals surface area contributed by atoms with Crippen molar-refractivity contribution in [3.63, 3.8) is 0 Å². The van der Waals surface area contributed by atoms with Gasteiger partial charge in [-0.2, -0.15) is 0 Å². The van der Waals surface area contributed by atoms with Crippen LogP contribution in [-0.4, -0.2) is 38.6 Å². The predicted octanol–water partition coefficient (Wildman–Crippen LogP) is -0.250. The van der Waals surface area contributed by atoms with Crippen molar-refractivity contribution in [2.75, 3.05) is 6.54 Å². The van der Waals surface area contributed by atoms with Crippen LogP contribution < -0.4 is 15.3 Å². The summed E-state index contributed by atoms with van der Waals surface area (Å²) in [7, 11) is 0. The van der Waals surface area contributed by atoms with Crippen molar-refractivity contribution in [1.29, 1.82) is 0 Å². The summed E-state index contributed by atoms with van der Waals surface area (Å²) in [6, 6.07) is 9.77. The molecular formula is C16H14N4O3. The van der Waals surface area contributed by atoms with Crippen LogP contribution in [-0.2, 0) is 17.9 Å². The second kappa shape index (κ2) is 5.28. The number of rotatable bonds is 5. The molecule has 1 aromatic heterocycles. The van der Waals surface area contributed by atoms with Crippen molar-refractivity contribution in [1.82, 2.24) is 14.7 Å².